The minimum absolute atomic E-state index is 0.0509. The van der Waals surface area contributed by atoms with Crippen LogP contribution in [0.15, 0.2) is 12.1 Å². The van der Waals surface area contributed by atoms with E-state index in [2.05, 4.69) is 4.98 Å². The average molecular weight is 301 g/mol. The molecule has 0 N–H and O–H groups in total. The Bertz CT molecular complexity index is 644. The van der Waals surface area contributed by atoms with Crippen LogP contribution in [0.1, 0.15) is 31.1 Å². The van der Waals surface area contributed by atoms with E-state index < -0.39 is 11.6 Å². The van der Waals surface area contributed by atoms with Crippen molar-refractivity contribution in [1.82, 2.24) is 9.55 Å². The second-order valence-corrected chi connectivity index (χ2v) is 5.35. The van der Waals surface area contributed by atoms with E-state index in [1.165, 1.54) is 6.07 Å². The summed E-state index contributed by atoms with van der Waals surface area (Å²) >= 11 is 5.91. The molecule has 2 unspecified atom stereocenters. The van der Waals surface area contributed by atoms with Crippen molar-refractivity contribution < 1.29 is 13.5 Å². The highest BCUT2D eigenvalue weighted by atomic mass is 35.5. The molecule has 0 saturated heterocycles. The summed E-state index contributed by atoms with van der Waals surface area (Å²) in [5.41, 5.74) is 0.655. The van der Waals surface area contributed by atoms with Crippen molar-refractivity contribution in [3.05, 3.63) is 29.6 Å². The van der Waals surface area contributed by atoms with E-state index in [1.807, 2.05) is 0 Å². The van der Waals surface area contributed by atoms with Gasteiger partial charge in [0.05, 0.1) is 17.5 Å². The largest absolute Gasteiger partial charge is 0.381 e. The van der Waals surface area contributed by atoms with Gasteiger partial charge in [-0.3, -0.25) is 0 Å². The lowest BCUT2D eigenvalue weighted by Gasteiger charge is -2.16. The topological polar surface area (TPSA) is 27.1 Å². The van der Waals surface area contributed by atoms with Crippen LogP contribution in [0, 0.1) is 11.6 Å². The average Bonchev–Trinajstić information content (AvgIpc) is 3.06. The van der Waals surface area contributed by atoms with E-state index in [4.69, 9.17) is 16.3 Å². The summed E-state index contributed by atoms with van der Waals surface area (Å²) in [6.45, 7) is 0. The summed E-state index contributed by atoms with van der Waals surface area (Å²) in [6.07, 6.45) is 2.67. The van der Waals surface area contributed by atoms with Crippen molar-refractivity contribution in [2.45, 2.75) is 37.3 Å². The van der Waals surface area contributed by atoms with Gasteiger partial charge in [0, 0.05) is 13.2 Å². The third kappa shape index (κ3) is 2.09. The second-order valence-electron chi connectivity index (χ2n) is 5.09. The minimum Gasteiger partial charge on any atom is -0.381 e. The van der Waals surface area contributed by atoms with Gasteiger partial charge in [-0.1, -0.05) is 0 Å². The van der Waals surface area contributed by atoms with Crippen molar-refractivity contribution in [3.8, 4) is 0 Å². The number of halogens is 3. The molecule has 1 aliphatic rings. The van der Waals surface area contributed by atoms with Crippen LogP contribution in [0.25, 0.3) is 11.0 Å². The van der Waals surface area contributed by atoms with E-state index >= 15 is 0 Å². The van der Waals surface area contributed by atoms with Gasteiger partial charge in [-0.15, -0.1) is 11.6 Å². The predicted molar refractivity (Wildman–Crippen MR) is 72.9 cm³/mol. The fraction of sp³-hybridized carbons (Fsp3) is 0.500. The van der Waals surface area contributed by atoms with Gasteiger partial charge in [-0.2, -0.15) is 0 Å². The SMILES string of the molecule is COC1CCC(n2c(CCl)nc3ccc(F)c(F)c32)C1. The summed E-state index contributed by atoms with van der Waals surface area (Å²) in [5, 5.41) is 0. The van der Waals surface area contributed by atoms with Crippen molar-refractivity contribution in [2.75, 3.05) is 7.11 Å². The first-order valence-corrected chi connectivity index (χ1v) is 7.12. The van der Waals surface area contributed by atoms with Crippen molar-refractivity contribution in [2.24, 2.45) is 0 Å². The van der Waals surface area contributed by atoms with Gasteiger partial charge in [0.25, 0.3) is 0 Å². The molecule has 0 radical (unpaired) electrons. The summed E-state index contributed by atoms with van der Waals surface area (Å²) in [6, 6.07) is 2.64. The van der Waals surface area contributed by atoms with Crippen LogP contribution in [-0.2, 0) is 10.6 Å². The van der Waals surface area contributed by atoms with Gasteiger partial charge < -0.3 is 9.30 Å². The standard InChI is InChI=1S/C14H15ClF2N2O/c1-20-9-3-2-8(6-9)19-12(7-15)18-11-5-4-10(16)13(17)14(11)19/h4-5,8-9H,2-3,6-7H2,1H3. The second kappa shape index (κ2) is 5.30. The van der Waals surface area contributed by atoms with Crippen LogP contribution >= 0.6 is 11.6 Å². The Labute approximate surface area is 120 Å². The molecule has 1 heterocycles. The highest BCUT2D eigenvalue weighted by Crippen LogP contribution is 2.36. The maximum Gasteiger partial charge on any atom is 0.184 e. The van der Waals surface area contributed by atoms with Gasteiger partial charge in [0.2, 0.25) is 0 Å². The summed E-state index contributed by atoms with van der Waals surface area (Å²) < 4.78 is 34.7. The van der Waals surface area contributed by atoms with Crippen LogP contribution in [0.3, 0.4) is 0 Å². The number of benzene rings is 1. The molecule has 0 amide bonds. The maximum atomic E-state index is 14.1. The molecule has 3 nitrogen and oxygen atoms in total. The monoisotopic (exact) mass is 300 g/mol. The number of hydrogen-bond donors (Lipinski definition) is 0. The first kappa shape index (κ1) is 13.8. The van der Waals surface area contributed by atoms with Crippen LogP contribution in [0.2, 0.25) is 0 Å². The lowest BCUT2D eigenvalue weighted by atomic mass is 10.2. The Morgan fingerprint density at radius 3 is 2.85 bits per heavy atom. The lowest BCUT2D eigenvalue weighted by molar-refractivity contribution is 0.106. The predicted octanol–water partition coefficient (Wildman–Crippen LogP) is 3.79. The summed E-state index contributed by atoms with van der Waals surface area (Å²) in [7, 11) is 1.67. The van der Waals surface area contributed by atoms with Crippen LogP contribution in [0.5, 0.6) is 0 Å². The molecule has 6 heteroatoms. The molecule has 3 rings (SSSR count). The smallest absolute Gasteiger partial charge is 0.184 e. The third-order valence-corrected chi connectivity index (χ3v) is 4.23. The normalized spacial score (nSPS) is 22.8. The van der Waals surface area contributed by atoms with Crippen LogP contribution < -0.4 is 0 Å². The van der Waals surface area contributed by atoms with E-state index in [0.717, 1.165) is 25.3 Å². The molecule has 1 aromatic carbocycles. The summed E-state index contributed by atoms with van der Waals surface area (Å²) in [4.78, 5) is 4.31. The van der Waals surface area contributed by atoms with Gasteiger partial charge in [-0.25, -0.2) is 13.8 Å². The molecular weight excluding hydrogens is 286 g/mol. The van der Waals surface area contributed by atoms with E-state index in [9.17, 15) is 8.78 Å². The van der Waals surface area contributed by atoms with E-state index in [-0.39, 0.29) is 23.5 Å². The zero-order chi connectivity index (χ0) is 14.3. The molecular formula is C14H15ClF2N2O. The quantitative estimate of drug-likeness (QED) is 0.806. The molecule has 0 spiro atoms. The molecule has 1 fully saturated rings. The highest BCUT2D eigenvalue weighted by Gasteiger charge is 2.30. The molecule has 1 aliphatic carbocycles. The van der Waals surface area contributed by atoms with E-state index in [0.29, 0.717) is 11.3 Å². The van der Waals surface area contributed by atoms with Crippen molar-refractivity contribution >= 4 is 22.6 Å². The van der Waals surface area contributed by atoms with Gasteiger partial charge >= 0.3 is 0 Å². The summed E-state index contributed by atoms with van der Waals surface area (Å²) in [5.74, 6) is -0.967. The van der Waals surface area contributed by atoms with Crippen molar-refractivity contribution in [3.63, 3.8) is 0 Å². The third-order valence-electron chi connectivity index (χ3n) is 3.99. The Hall–Kier alpha value is -1.20. The van der Waals surface area contributed by atoms with E-state index in [1.54, 1.807) is 11.7 Å². The zero-order valence-electron chi connectivity index (χ0n) is 11.1. The Kier molecular flexibility index (Phi) is 3.65. The first-order valence-electron chi connectivity index (χ1n) is 6.59. The number of aromatic nitrogens is 2. The molecule has 2 atom stereocenters. The molecule has 2 aromatic rings. The fourth-order valence-corrected chi connectivity index (χ4v) is 3.21. The van der Waals surface area contributed by atoms with Gasteiger partial charge in [0.1, 0.15) is 11.3 Å². The number of alkyl halides is 1. The zero-order valence-corrected chi connectivity index (χ0v) is 11.8. The highest BCUT2D eigenvalue weighted by molar-refractivity contribution is 6.16. The number of nitrogens with zero attached hydrogens (tertiary/aromatic N) is 2. The number of rotatable bonds is 3. The van der Waals surface area contributed by atoms with Crippen LogP contribution in [0.4, 0.5) is 8.78 Å². The number of ether oxygens (including phenoxy) is 1. The molecule has 1 saturated carbocycles. The Morgan fingerprint density at radius 2 is 2.20 bits per heavy atom. The Morgan fingerprint density at radius 1 is 1.40 bits per heavy atom. The number of methoxy groups -OCH3 is 1. The van der Waals surface area contributed by atoms with Gasteiger partial charge in [0.15, 0.2) is 11.6 Å². The number of hydrogen-bond acceptors (Lipinski definition) is 2. The molecule has 20 heavy (non-hydrogen) atoms. The Balaban J connectivity index is 2.15. The molecule has 1 aromatic heterocycles. The molecule has 0 bridgehead atoms. The molecule has 0 aliphatic heterocycles. The van der Waals surface area contributed by atoms with Gasteiger partial charge in [-0.05, 0) is 31.4 Å². The minimum atomic E-state index is -0.860. The molecule has 108 valence electrons. The maximum absolute atomic E-state index is 14.1. The lowest BCUT2D eigenvalue weighted by Crippen LogP contribution is -2.12. The van der Waals surface area contributed by atoms with Crippen molar-refractivity contribution in [1.29, 1.82) is 0 Å². The number of fused-ring (bicyclic) bond motifs is 1. The van der Waals surface area contributed by atoms with Crippen LogP contribution in [-0.4, -0.2) is 22.8 Å². The number of imidazole rings is 1. The fourth-order valence-electron chi connectivity index (χ4n) is 3.02. The first-order chi connectivity index (χ1) is 9.65.